The normalized spacial score (nSPS) is 13.0. The molecule has 0 aliphatic carbocycles. The summed E-state index contributed by atoms with van der Waals surface area (Å²) in [6.45, 7) is 10.4. The van der Waals surface area contributed by atoms with Gasteiger partial charge in [0.1, 0.15) is 7.85 Å². The summed E-state index contributed by atoms with van der Waals surface area (Å²) in [6, 6.07) is 0. The van der Waals surface area contributed by atoms with Crippen LogP contribution < -0.4 is 0 Å². The van der Waals surface area contributed by atoms with Crippen molar-refractivity contribution in [1.29, 1.82) is 0 Å². The summed E-state index contributed by atoms with van der Waals surface area (Å²) in [5, 5.41) is 0. The van der Waals surface area contributed by atoms with Crippen molar-refractivity contribution >= 4 is 7.85 Å². The summed E-state index contributed by atoms with van der Waals surface area (Å²) >= 11 is 0. The Morgan fingerprint density at radius 3 is 2.08 bits per heavy atom. The highest BCUT2D eigenvalue weighted by atomic mass is 14.0. The molecule has 0 saturated heterocycles. The summed E-state index contributed by atoms with van der Waals surface area (Å²) < 4.78 is 0. The van der Waals surface area contributed by atoms with Gasteiger partial charge in [0.05, 0.1) is 0 Å². The topological polar surface area (TPSA) is 0 Å². The van der Waals surface area contributed by atoms with Gasteiger partial charge in [0.2, 0.25) is 0 Å². The van der Waals surface area contributed by atoms with Crippen molar-refractivity contribution in [1.82, 2.24) is 0 Å². The zero-order valence-electron chi connectivity index (χ0n) is 9.44. The highest BCUT2D eigenvalue weighted by Crippen LogP contribution is 2.11. The standard InChI is InChI=1S/C12H19B/c1-6-7-10(4)12(13)8-11(5)9(2)3/h7-8H,6H2,1-5H3/b10-7+,12-8+. The maximum Gasteiger partial charge on any atom is 0.114 e. The quantitative estimate of drug-likeness (QED) is 0.451. The summed E-state index contributed by atoms with van der Waals surface area (Å²) in [5.41, 5.74) is 4.61. The van der Waals surface area contributed by atoms with E-state index in [0.717, 1.165) is 11.9 Å². The molecule has 13 heavy (non-hydrogen) atoms. The molecule has 0 aliphatic rings. The molecule has 0 atom stereocenters. The number of hydrogen-bond donors (Lipinski definition) is 0. The minimum Gasteiger partial charge on any atom is -0.0939 e. The molecular weight excluding hydrogens is 155 g/mol. The van der Waals surface area contributed by atoms with Gasteiger partial charge in [-0.25, -0.2) is 0 Å². The van der Waals surface area contributed by atoms with Gasteiger partial charge in [0, 0.05) is 0 Å². The Balaban J connectivity index is 4.69. The monoisotopic (exact) mass is 174 g/mol. The van der Waals surface area contributed by atoms with Crippen LogP contribution in [-0.4, -0.2) is 7.85 Å². The fourth-order valence-electron chi connectivity index (χ4n) is 0.915. The van der Waals surface area contributed by atoms with Crippen LogP contribution in [0.1, 0.15) is 41.0 Å². The van der Waals surface area contributed by atoms with Crippen molar-refractivity contribution in [2.75, 3.05) is 0 Å². The molecule has 0 aromatic heterocycles. The van der Waals surface area contributed by atoms with Crippen LogP contribution >= 0.6 is 0 Å². The first-order valence-corrected chi connectivity index (χ1v) is 4.77. The third-order valence-corrected chi connectivity index (χ3v) is 2.13. The van der Waals surface area contributed by atoms with Gasteiger partial charge >= 0.3 is 0 Å². The van der Waals surface area contributed by atoms with E-state index in [-0.39, 0.29) is 0 Å². The summed E-state index contributed by atoms with van der Waals surface area (Å²) in [6.07, 6.45) is 5.22. The van der Waals surface area contributed by atoms with Crippen LogP contribution in [0.2, 0.25) is 0 Å². The van der Waals surface area contributed by atoms with E-state index >= 15 is 0 Å². The predicted octanol–water partition coefficient (Wildman–Crippen LogP) is 3.75. The largest absolute Gasteiger partial charge is 0.114 e. The van der Waals surface area contributed by atoms with Crippen LogP contribution in [0.25, 0.3) is 0 Å². The average Bonchev–Trinajstić information content (AvgIpc) is 2.04. The molecule has 0 aromatic carbocycles. The Labute approximate surface area is 83.8 Å². The van der Waals surface area contributed by atoms with Gasteiger partial charge in [-0.05, 0) is 34.1 Å². The lowest BCUT2D eigenvalue weighted by Gasteiger charge is -2.03. The second-order valence-electron chi connectivity index (χ2n) is 3.58. The highest BCUT2D eigenvalue weighted by Gasteiger charge is 1.93. The van der Waals surface area contributed by atoms with Crippen LogP contribution in [0.15, 0.2) is 34.3 Å². The van der Waals surface area contributed by atoms with Crippen LogP contribution in [0.3, 0.4) is 0 Å². The molecule has 2 radical (unpaired) electrons. The second-order valence-corrected chi connectivity index (χ2v) is 3.58. The molecule has 0 bridgehead atoms. The van der Waals surface area contributed by atoms with E-state index in [0.29, 0.717) is 0 Å². The molecule has 0 N–H and O–H groups in total. The van der Waals surface area contributed by atoms with Crippen molar-refractivity contribution in [2.45, 2.75) is 41.0 Å². The smallest absolute Gasteiger partial charge is 0.0939 e. The lowest BCUT2D eigenvalue weighted by molar-refractivity contribution is 1.19. The lowest BCUT2D eigenvalue weighted by atomic mass is 9.86. The highest BCUT2D eigenvalue weighted by molar-refractivity contribution is 6.24. The molecular formula is C12H19B. The molecule has 0 amide bonds. The molecule has 70 valence electrons. The predicted molar refractivity (Wildman–Crippen MR) is 61.9 cm³/mol. The molecule has 1 heteroatoms. The first-order valence-electron chi connectivity index (χ1n) is 4.77. The summed E-state index contributed by atoms with van der Waals surface area (Å²) in [7, 11) is 5.90. The summed E-state index contributed by atoms with van der Waals surface area (Å²) in [5.74, 6) is 0. The lowest BCUT2D eigenvalue weighted by Crippen LogP contribution is -1.86. The molecule has 0 spiro atoms. The molecule has 0 aliphatic heterocycles. The van der Waals surface area contributed by atoms with Gasteiger partial charge < -0.3 is 0 Å². The maximum atomic E-state index is 5.90. The van der Waals surface area contributed by atoms with Crippen molar-refractivity contribution < 1.29 is 0 Å². The van der Waals surface area contributed by atoms with Gasteiger partial charge in [0.25, 0.3) is 0 Å². The number of hydrogen-bond acceptors (Lipinski definition) is 0. The van der Waals surface area contributed by atoms with Crippen molar-refractivity contribution in [3.63, 3.8) is 0 Å². The average molecular weight is 174 g/mol. The Morgan fingerprint density at radius 2 is 1.69 bits per heavy atom. The Morgan fingerprint density at radius 1 is 1.15 bits per heavy atom. The van der Waals surface area contributed by atoms with E-state index in [4.69, 9.17) is 7.85 Å². The van der Waals surface area contributed by atoms with Gasteiger partial charge in [-0.1, -0.05) is 41.3 Å². The van der Waals surface area contributed by atoms with Gasteiger partial charge in [-0.3, -0.25) is 0 Å². The zero-order valence-corrected chi connectivity index (χ0v) is 9.44. The van der Waals surface area contributed by atoms with E-state index in [1.165, 1.54) is 16.7 Å². The third kappa shape index (κ3) is 4.77. The maximum absolute atomic E-state index is 5.90. The fraction of sp³-hybridized carbons (Fsp3) is 0.500. The van der Waals surface area contributed by atoms with Gasteiger partial charge in [0.15, 0.2) is 0 Å². The molecule has 0 unspecified atom stereocenters. The zero-order chi connectivity index (χ0) is 10.4. The molecule has 0 aromatic rings. The molecule has 0 saturated carbocycles. The Kier molecular flexibility index (Phi) is 5.53. The van der Waals surface area contributed by atoms with Crippen molar-refractivity contribution in [3.05, 3.63) is 34.3 Å². The minimum atomic E-state index is 0.876. The van der Waals surface area contributed by atoms with Crippen LogP contribution in [0.4, 0.5) is 0 Å². The minimum absolute atomic E-state index is 0.876. The SMILES string of the molecule is [B]C(=C/C(C)=C(C)C)/C(C)=C/CC. The van der Waals surface area contributed by atoms with E-state index in [1.807, 2.05) is 13.0 Å². The Hall–Kier alpha value is -0.715. The third-order valence-electron chi connectivity index (χ3n) is 2.13. The van der Waals surface area contributed by atoms with Crippen LogP contribution in [-0.2, 0) is 0 Å². The van der Waals surface area contributed by atoms with E-state index in [1.54, 1.807) is 0 Å². The molecule has 0 fully saturated rings. The van der Waals surface area contributed by atoms with Gasteiger partial charge in [-0.15, -0.1) is 0 Å². The summed E-state index contributed by atoms with van der Waals surface area (Å²) in [4.78, 5) is 0. The first kappa shape index (κ1) is 12.3. The van der Waals surface area contributed by atoms with Crippen molar-refractivity contribution in [2.24, 2.45) is 0 Å². The Bertz CT molecular complexity index is 250. The molecule has 0 heterocycles. The van der Waals surface area contributed by atoms with E-state index < -0.39 is 0 Å². The number of rotatable bonds is 3. The fourth-order valence-corrected chi connectivity index (χ4v) is 0.915. The van der Waals surface area contributed by atoms with E-state index in [2.05, 4.69) is 33.8 Å². The second kappa shape index (κ2) is 5.85. The van der Waals surface area contributed by atoms with Gasteiger partial charge in [-0.2, -0.15) is 0 Å². The number of allylic oxidation sites excluding steroid dienone is 6. The van der Waals surface area contributed by atoms with Crippen molar-refractivity contribution in [3.8, 4) is 0 Å². The molecule has 0 rings (SSSR count). The van der Waals surface area contributed by atoms with Crippen LogP contribution in [0, 0.1) is 0 Å². The van der Waals surface area contributed by atoms with E-state index in [9.17, 15) is 0 Å². The first-order chi connectivity index (χ1) is 5.99. The van der Waals surface area contributed by atoms with Crippen LogP contribution in [0.5, 0.6) is 0 Å². The molecule has 0 nitrogen and oxygen atoms in total.